The molecule has 3 rings (SSSR count). The molecule has 0 atom stereocenters. The third kappa shape index (κ3) is 3.80. The number of carbonyl (C=O) groups excluding carboxylic acids is 1. The maximum Gasteiger partial charge on any atom is 0.341 e. The number of ether oxygens (including phenoxy) is 1. The van der Waals surface area contributed by atoms with E-state index >= 15 is 0 Å². The van der Waals surface area contributed by atoms with Crippen LogP contribution >= 0.6 is 27.7 Å². The number of nitrogens with one attached hydrogen (secondary N) is 1. The summed E-state index contributed by atoms with van der Waals surface area (Å²) in [5.74, 6) is -0.756. The van der Waals surface area contributed by atoms with Crippen LogP contribution in [0, 0.1) is 0 Å². The summed E-state index contributed by atoms with van der Waals surface area (Å²) in [6.07, 6.45) is 1.78. The van der Waals surface area contributed by atoms with Gasteiger partial charge in [0.1, 0.15) is 5.75 Å². The first-order chi connectivity index (χ1) is 11.5. The number of benzene rings is 2. The molecule has 2 N–H and O–H groups in total. The second-order valence-electron chi connectivity index (χ2n) is 4.93. The van der Waals surface area contributed by atoms with E-state index in [0.717, 1.165) is 16.1 Å². The zero-order chi connectivity index (χ0) is 17.1. The van der Waals surface area contributed by atoms with E-state index in [-0.39, 0.29) is 5.91 Å². The number of hydrogen-bond acceptors (Lipinski definition) is 4. The second kappa shape index (κ2) is 7.11. The third-order valence-electron chi connectivity index (χ3n) is 3.18. The lowest BCUT2D eigenvalue weighted by Gasteiger charge is -2.18. The first-order valence-corrected chi connectivity index (χ1v) is 8.58. The number of fused-ring (bicyclic) bond motifs is 1. The molecule has 5 nitrogen and oxygen atoms in total. The van der Waals surface area contributed by atoms with Crippen LogP contribution in [-0.2, 0) is 9.59 Å². The van der Waals surface area contributed by atoms with Gasteiger partial charge in [0.05, 0.1) is 15.1 Å². The first-order valence-electron chi connectivity index (χ1n) is 6.97. The third-order valence-corrected chi connectivity index (χ3v) is 4.90. The van der Waals surface area contributed by atoms with Crippen molar-refractivity contribution >= 4 is 51.3 Å². The monoisotopic (exact) mass is 405 g/mol. The molecule has 122 valence electrons. The molecule has 0 bridgehead atoms. The van der Waals surface area contributed by atoms with Gasteiger partial charge in [0.15, 0.2) is 6.61 Å². The van der Waals surface area contributed by atoms with Gasteiger partial charge in [-0.25, -0.2) is 4.79 Å². The van der Waals surface area contributed by atoms with Gasteiger partial charge in [0, 0.05) is 4.90 Å². The number of carbonyl (C=O) groups is 2. The zero-order valence-corrected chi connectivity index (χ0v) is 14.7. The van der Waals surface area contributed by atoms with Crippen LogP contribution < -0.4 is 10.1 Å². The summed E-state index contributed by atoms with van der Waals surface area (Å²) < 4.78 is 5.78. The molecule has 0 aromatic heterocycles. The minimum atomic E-state index is -1.04. The molecule has 1 heterocycles. The largest absolute Gasteiger partial charge is 0.481 e. The molecule has 0 saturated carbocycles. The topological polar surface area (TPSA) is 75.6 Å². The van der Waals surface area contributed by atoms with Crippen molar-refractivity contribution in [3.05, 3.63) is 57.4 Å². The van der Waals surface area contributed by atoms with E-state index in [4.69, 9.17) is 9.84 Å². The predicted octanol–water partition coefficient (Wildman–Crippen LogP) is 4.00. The SMILES string of the molecule is O=C(O)COc1ccc(/C=C2/Sc3ccccc3NC2=O)cc1Br. The number of amides is 1. The number of anilines is 1. The summed E-state index contributed by atoms with van der Waals surface area (Å²) in [5.41, 5.74) is 1.62. The Balaban J connectivity index is 1.82. The van der Waals surface area contributed by atoms with Gasteiger partial charge in [-0.2, -0.15) is 0 Å². The van der Waals surface area contributed by atoms with E-state index in [1.165, 1.54) is 11.8 Å². The molecule has 2 aromatic carbocycles. The number of carboxylic acid groups (broad SMARTS) is 1. The molecule has 1 aliphatic heterocycles. The van der Waals surface area contributed by atoms with Gasteiger partial charge in [0.25, 0.3) is 5.91 Å². The molecule has 1 aliphatic rings. The highest BCUT2D eigenvalue weighted by Gasteiger charge is 2.20. The minimum Gasteiger partial charge on any atom is -0.481 e. The Morgan fingerprint density at radius 2 is 2.08 bits per heavy atom. The van der Waals surface area contributed by atoms with Crippen LogP contribution in [0.15, 0.2) is 56.7 Å². The van der Waals surface area contributed by atoms with Crippen LogP contribution in [0.1, 0.15) is 5.56 Å². The molecule has 0 saturated heterocycles. The van der Waals surface area contributed by atoms with Crippen molar-refractivity contribution in [1.82, 2.24) is 0 Å². The van der Waals surface area contributed by atoms with Crippen LogP contribution in [0.3, 0.4) is 0 Å². The Morgan fingerprint density at radius 3 is 2.83 bits per heavy atom. The normalized spacial score (nSPS) is 14.9. The van der Waals surface area contributed by atoms with Crippen LogP contribution in [0.5, 0.6) is 5.75 Å². The lowest BCUT2D eigenvalue weighted by molar-refractivity contribution is -0.139. The highest BCUT2D eigenvalue weighted by Crippen LogP contribution is 2.39. The fourth-order valence-corrected chi connectivity index (χ4v) is 3.58. The Labute approximate surface area is 150 Å². The van der Waals surface area contributed by atoms with Crippen LogP contribution in [0.2, 0.25) is 0 Å². The van der Waals surface area contributed by atoms with Gasteiger partial charge >= 0.3 is 5.97 Å². The van der Waals surface area contributed by atoms with Crippen molar-refractivity contribution in [3.63, 3.8) is 0 Å². The summed E-state index contributed by atoms with van der Waals surface area (Å²) >= 11 is 4.76. The molecule has 0 fully saturated rings. The van der Waals surface area contributed by atoms with E-state index in [2.05, 4.69) is 21.2 Å². The van der Waals surface area contributed by atoms with Gasteiger partial charge in [-0.15, -0.1) is 0 Å². The fourth-order valence-electron chi connectivity index (χ4n) is 2.12. The maximum atomic E-state index is 12.2. The Kier molecular flexibility index (Phi) is 4.92. The number of thioether (sulfide) groups is 1. The number of carboxylic acids is 1. The first kappa shape index (κ1) is 16.6. The van der Waals surface area contributed by atoms with Crippen LogP contribution in [-0.4, -0.2) is 23.6 Å². The molecule has 1 amide bonds. The average molecular weight is 406 g/mol. The molecule has 2 aromatic rings. The zero-order valence-electron chi connectivity index (χ0n) is 12.3. The van der Waals surface area contributed by atoms with Gasteiger partial charge in [-0.3, -0.25) is 4.79 Å². The highest BCUT2D eigenvalue weighted by molar-refractivity contribution is 9.10. The van der Waals surface area contributed by atoms with E-state index in [1.54, 1.807) is 24.3 Å². The fraction of sp³-hybridized carbons (Fsp3) is 0.0588. The van der Waals surface area contributed by atoms with Gasteiger partial charge in [-0.1, -0.05) is 30.0 Å². The molecular formula is C17H12BrNO4S. The second-order valence-corrected chi connectivity index (χ2v) is 6.87. The minimum absolute atomic E-state index is 0.152. The van der Waals surface area contributed by atoms with E-state index in [9.17, 15) is 9.59 Å². The molecular weight excluding hydrogens is 394 g/mol. The van der Waals surface area contributed by atoms with Crippen molar-refractivity contribution in [1.29, 1.82) is 0 Å². The molecule has 0 unspecified atom stereocenters. The average Bonchev–Trinajstić information content (AvgIpc) is 2.54. The van der Waals surface area contributed by atoms with Crippen molar-refractivity contribution < 1.29 is 19.4 Å². The van der Waals surface area contributed by atoms with Crippen LogP contribution in [0.25, 0.3) is 6.08 Å². The maximum absolute atomic E-state index is 12.2. The number of halogens is 1. The van der Waals surface area contributed by atoms with Crippen molar-refractivity contribution in [3.8, 4) is 5.75 Å². The lowest BCUT2D eigenvalue weighted by Crippen LogP contribution is -2.17. The summed E-state index contributed by atoms with van der Waals surface area (Å²) in [6.45, 7) is -0.409. The van der Waals surface area contributed by atoms with Gasteiger partial charge < -0.3 is 15.2 Å². The Morgan fingerprint density at radius 1 is 1.29 bits per heavy atom. The molecule has 0 aliphatic carbocycles. The lowest BCUT2D eigenvalue weighted by atomic mass is 10.2. The van der Waals surface area contributed by atoms with Crippen molar-refractivity contribution in [2.24, 2.45) is 0 Å². The van der Waals surface area contributed by atoms with Gasteiger partial charge in [0.2, 0.25) is 0 Å². The number of rotatable bonds is 4. The van der Waals surface area contributed by atoms with Gasteiger partial charge in [-0.05, 0) is 51.8 Å². The van der Waals surface area contributed by atoms with E-state index in [1.807, 2.05) is 24.3 Å². The smallest absolute Gasteiger partial charge is 0.341 e. The predicted molar refractivity (Wildman–Crippen MR) is 96.2 cm³/mol. The van der Waals surface area contributed by atoms with E-state index in [0.29, 0.717) is 15.1 Å². The molecule has 7 heteroatoms. The van der Waals surface area contributed by atoms with Crippen LogP contribution in [0.4, 0.5) is 5.69 Å². The molecule has 0 radical (unpaired) electrons. The summed E-state index contributed by atoms with van der Waals surface area (Å²) in [5, 5.41) is 11.5. The Bertz CT molecular complexity index is 850. The number of hydrogen-bond donors (Lipinski definition) is 2. The van der Waals surface area contributed by atoms with Crippen molar-refractivity contribution in [2.45, 2.75) is 4.90 Å². The Hall–Kier alpha value is -2.25. The molecule has 0 spiro atoms. The quantitative estimate of drug-likeness (QED) is 0.751. The summed E-state index contributed by atoms with van der Waals surface area (Å²) in [6, 6.07) is 12.8. The van der Waals surface area contributed by atoms with Crippen molar-refractivity contribution in [2.75, 3.05) is 11.9 Å². The standard InChI is InChI=1S/C17H12BrNO4S/c18-11-7-10(5-6-13(11)23-9-16(20)21)8-15-17(22)19-12-3-1-2-4-14(12)24-15/h1-8H,9H2,(H,19,22)(H,20,21)/b15-8+. The summed E-state index contributed by atoms with van der Waals surface area (Å²) in [4.78, 5) is 24.3. The number of aliphatic carboxylic acids is 1. The summed E-state index contributed by atoms with van der Waals surface area (Å²) in [7, 11) is 0. The van der Waals surface area contributed by atoms with E-state index < -0.39 is 12.6 Å². The number of para-hydroxylation sites is 1. The molecule has 24 heavy (non-hydrogen) atoms. The highest BCUT2D eigenvalue weighted by atomic mass is 79.9.